The van der Waals surface area contributed by atoms with Crippen LogP contribution in [0.5, 0.6) is 5.75 Å². The number of benzene rings is 2. The van der Waals surface area contributed by atoms with Crippen molar-refractivity contribution in [2.45, 2.75) is 34.1 Å². The second-order valence-corrected chi connectivity index (χ2v) is 6.86. The first-order valence-corrected chi connectivity index (χ1v) is 8.51. The zero-order valence-electron chi connectivity index (χ0n) is 15.1. The molecule has 4 heteroatoms. The third-order valence-corrected chi connectivity index (χ3v) is 4.80. The summed E-state index contributed by atoms with van der Waals surface area (Å²) in [4.78, 5) is 26.6. The van der Waals surface area contributed by atoms with Gasteiger partial charge in [0.1, 0.15) is 5.75 Å². The second kappa shape index (κ2) is 6.71. The highest BCUT2D eigenvalue weighted by atomic mass is 16.5. The van der Waals surface area contributed by atoms with Gasteiger partial charge in [-0.05, 0) is 62.6 Å². The van der Waals surface area contributed by atoms with Crippen LogP contribution in [-0.2, 0) is 9.59 Å². The van der Waals surface area contributed by atoms with Gasteiger partial charge >= 0.3 is 5.97 Å². The molecule has 1 amide bonds. The Kier molecular flexibility index (Phi) is 4.62. The molecule has 1 aliphatic heterocycles. The standard InChI is InChI=1S/C21H23NO3/c1-13-5-8-19(16(4)9-13)22-12-17(11-20(22)23)21(24)25-18-7-6-14(2)15(3)10-18/h5-10,17H,11-12H2,1-4H3/t17-/m1/s1. The number of hydrogen-bond donors (Lipinski definition) is 0. The number of aryl methyl sites for hydroxylation is 4. The highest BCUT2D eigenvalue weighted by molar-refractivity contribution is 6.00. The predicted molar refractivity (Wildman–Crippen MR) is 97.9 cm³/mol. The summed E-state index contributed by atoms with van der Waals surface area (Å²) in [7, 11) is 0. The van der Waals surface area contributed by atoms with Crippen molar-refractivity contribution >= 4 is 17.6 Å². The molecule has 1 fully saturated rings. The van der Waals surface area contributed by atoms with E-state index in [4.69, 9.17) is 4.74 Å². The molecule has 0 spiro atoms. The van der Waals surface area contributed by atoms with E-state index in [0.717, 1.165) is 27.9 Å². The van der Waals surface area contributed by atoms with Crippen LogP contribution in [0.15, 0.2) is 36.4 Å². The zero-order chi connectivity index (χ0) is 18.1. The number of ether oxygens (including phenoxy) is 1. The molecule has 0 saturated carbocycles. The van der Waals surface area contributed by atoms with E-state index in [2.05, 4.69) is 0 Å². The van der Waals surface area contributed by atoms with Gasteiger partial charge in [-0.1, -0.05) is 23.8 Å². The molecular weight excluding hydrogens is 314 g/mol. The number of rotatable bonds is 3. The zero-order valence-corrected chi connectivity index (χ0v) is 15.1. The molecular formula is C21H23NO3. The minimum absolute atomic E-state index is 0.0333. The number of carbonyl (C=O) groups is 2. The minimum atomic E-state index is -0.435. The molecule has 0 radical (unpaired) electrons. The highest BCUT2D eigenvalue weighted by Gasteiger charge is 2.36. The number of anilines is 1. The van der Waals surface area contributed by atoms with Gasteiger partial charge in [0.2, 0.25) is 5.91 Å². The van der Waals surface area contributed by atoms with E-state index < -0.39 is 5.92 Å². The van der Waals surface area contributed by atoms with Gasteiger partial charge in [0, 0.05) is 18.7 Å². The van der Waals surface area contributed by atoms with Crippen LogP contribution in [0, 0.1) is 33.6 Å². The number of nitrogens with zero attached hydrogens (tertiary/aromatic N) is 1. The van der Waals surface area contributed by atoms with Crippen molar-refractivity contribution in [1.29, 1.82) is 0 Å². The van der Waals surface area contributed by atoms with E-state index in [1.807, 2.05) is 58.0 Å². The lowest BCUT2D eigenvalue weighted by atomic mass is 10.1. The maximum absolute atomic E-state index is 12.5. The first kappa shape index (κ1) is 17.2. The van der Waals surface area contributed by atoms with Crippen molar-refractivity contribution in [3.05, 3.63) is 58.7 Å². The maximum atomic E-state index is 12.5. The Hall–Kier alpha value is -2.62. The summed E-state index contributed by atoms with van der Waals surface area (Å²) >= 11 is 0. The van der Waals surface area contributed by atoms with Gasteiger partial charge in [-0.3, -0.25) is 9.59 Å². The van der Waals surface area contributed by atoms with Crippen molar-refractivity contribution in [2.24, 2.45) is 5.92 Å². The third-order valence-electron chi connectivity index (χ3n) is 4.80. The molecule has 0 bridgehead atoms. The van der Waals surface area contributed by atoms with E-state index in [9.17, 15) is 9.59 Å². The normalized spacial score (nSPS) is 17.0. The van der Waals surface area contributed by atoms with E-state index in [1.165, 1.54) is 0 Å². The van der Waals surface area contributed by atoms with Gasteiger partial charge in [0.15, 0.2) is 0 Å². The van der Waals surface area contributed by atoms with E-state index in [-0.39, 0.29) is 18.3 Å². The first-order valence-electron chi connectivity index (χ1n) is 8.51. The van der Waals surface area contributed by atoms with Crippen LogP contribution in [0.1, 0.15) is 28.7 Å². The average Bonchev–Trinajstić information content (AvgIpc) is 2.93. The Morgan fingerprint density at radius 1 is 1.00 bits per heavy atom. The Balaban J connectivity index is 1.73. The monoisotopic (exact) mass is 337 g/mol. The van der Waals surface area contributed by atoms with Crippen molar-refractivity contribution in [2.75, 3.05) is 11.4 Å². The van der Waals surface area contributed by atoms with Crippen LogP contribution in [0.4, 0.5) is 5.69 Å². The van der Waals surface area contributed by atoms with Crippen molar-refractivity contribution in [3.8, 4) is 5.75 Å². The van der Waals surface area contributed by atoms with Gasteiger partial charge in [0.05, 0.1) is 5.92 Å². The molecule has 0 aromatic heterocycles. The SMILES string of the molecule is Cc1ccc(N2C[C@H](C(=O)Oc3ccc(C)c(C)c3)CC2=O)c(C)c1. The number of hydrogen-bond acceptors (Lipinski definition) is 3. The average molecular weight is 337 g/mol. The van der Waals surface area contributed by atoms with Gasteiger partial charge < -0.3 is 9.64 Å². The molecule has 2 aromatic rings. The molecule has 3 rings (SSSR count). The van der Waals surface area contributed by atoms with E-state index in [1.54, 1.807) is 11.0 Å². The highest BCUT2D eigenvalue weighted by Crippen LogP contribution is 2.29. The largest absolute Gasteiger partial charge is 0.426 e. The third kappa shape index (κ3) is 3.58. The summed E-state index contributed by atoms with van der Waals surface area (Å²) in [5, 5.41) is 0. The summed E-state index contributed by atoms with van der Waals surface area (Å²) in [6.45, 7) is 8.36. The molecule has 25 heavy (non-hydrogen) atoms. The van der Waals surface area contributed by atoms with Gasteiger partial charge in [-0.25, -0.2) is 0 Å². The lowest BCUT2D eigenvalue weighted by Gasteiger charge is -2.19. The molecule has 1 saturated heterocycles. The number of amides is 1. The molecule has 0 aliphatic carbocycles. The Morgan fingerprint density at radius 2 is 1.76 bits per heavy atom. The molecule has 1 aliphatic rings. The van der Waals surface area contributed by atoms with Crippen LogP contribution in [0.2, 0.25) is 0 Å². The fourth-order valence-electron chi connectivity index (χ4n) is 3.18. The number of esters is 1. The number of carbonyl (C=O) groups excluding carboxylic acids is 2. The van der Waals surface area contributed by atoms with Crippen LogP contribution >= 0.6 is 0 Å². The van der Waals surface area contributed by atoms with Gasteiger partial charge in [-0.15, -0.1) is 0 Å². The minimum Gasteiger partial charge on any atom is -0.426 e. The smallest absolute Gasteiger partial charge is 0.316 e. The second-order valence-electron chi connectivity index (χ2n) is 6.86. The topological polar surface area (TPSA) is 46.6 Å². The summed E-state index contributed by atoms with van der Waals surface area (Å²) in [6, 6.07) is 11.5. The van der Waals surface area contributed by atoms with Crippen LogP contribution in [0.3, 0.4) is 0 Å². The van der Waals surface area contributed by atoms with Crippen molar-refractivity contribution < 1.29 is 14.3 Å². The molecule has 2 aromatic carbocycles. The van der Waals surface area contributed by atoms with Gasteiger partial charge in [0.25, 0.3) is 0 Å². The Morgan fingerprint density at radius 3 is 2.44 bits per heavy atom. The Bertz CT molecular complexity index is 841. The molecule has 0 unspecified atom stereocenters. The first-order chi connectivity index (χ1) is 11.8. The molecule has 4 nitrogen and oxygen atoms in total. The van der Waals surface area contributed by atoms with E-state index in [0.29, 0.717) is 12.3 Å². The Labute approximate surface area is 148 Å². The lowest BCUT2D eigenvalue weighted by Crippen LogP contribution is -2.27. The predicted octanol–water partition coefficient (Wildman–Crippen LogP) is 3.88. The molecule has 0 N–H and O–H groups in total. The molecule has 1 atom stereocenters. The van der Waals surface area contributed by atoms with Crippen LogP contribution < -0.4 is 9.64 Å². The molecule has 130 valence electrons. The van der Waals surface area contributed by atoms with Crippen LogP contribution in [-0.4, -0.2) is 18.4 Å². The summed E-state index contributed by atoms with van der Waals surface area (Å²) in [5.41, 5.74) is 5.29. The quantitative estimate of drug-likeness (QED) is 0.631. The molecule has 1 heterocycles. The van der Waals surface area contributed by atoms with Crippen molar-refractivity contribution in [3.63, 3.8) is 0 Å². The van der Waals surface area contributed by atoms with Crippen molar-refractivity contribution in [1.82, 2.24) is 0 Å². The van der Waals surface area contributed by atoms with E-state index >= 15 is 0 Å². The van der Waals surface area contributed by atoms with Gasteiger partial charge in [-0.2, -0.15) is 0 Å². The lowest BCUT2D eigenvalue weighted by molar-refractivity contribution is -0.139. The maximum Gasteiger partial charge on any atom is 0.316 e. The summed E-state index contributed by atoms with van der Waals surface area (Å²) < 4.78 is 5.50. The van der Waals surface area contributed by atoms with Crippen LogP contribution in [0.25, 0.3) is 0 Å². The summed E-state index contributed by atoms with van der Waals surface area (Å²) in [5.74, 6) is -0.279. The fourth-order valence-corrected chi connectivity index (χ4v) is 3.18. The fraction of sp³-hybridized carbons (Fsp3) is 0.333. The summed E-state index contributed by atoms with van der Waals surface area (Å²) in [6.07, 6.45) is 0.191.